The van der Waals surface area contributed by atoms with Crippen molar-refractivity contribution in [3.8, 4) is 11.4 Å². The molecular formula is C14H14N4O3. The SMILES string of the molecule is C[C@@H](O)CNC(=O)c1nc(-c2ccc3[nH]ccc3c2)no1. The highest BCUT2D eigenvalue weighted by atomic mass is 16.5. The first kappa shape index (κ1) is 13.3. The predicted octanol–water partition coefficient (Wildman–Crippen LogP) is 1.33. The van der Waals surface area contributed by atoms with Crippen LogP contribution in [0.3, 0.4) is 0 Å². The number of carbonyl (C=O) groups is 1. The number of amides is 1. The number of fused-ring (bicyclic) bond motifs is 1. The maximum absolute atomic E-state index is 11.7. The summed E-state index contributed by atoms with van der Waals surface area (Å²) >= 11 is 0. The first-order valence-electron chi connectivity index (χ1n) is 6.51. The number of aliphatic hydroxyl groups is 1. The van der Waals surface area contributed by atoms with Gasteiger partial charge in [0.2, 0.25) is 5.82 Å². The van der Waals surface area contributed by atoms with E-state index in [1.165, 1.54) is 0 Å². The molecule has 0 radical (unpaired) electrons. The summed E-state index contributed by atoms with van der Waals surface area (Å²) in [5.74, 6) is -0.280. The molecule has 108 valence electrons. The van der Waals surface area contributed by atoms with Gasteiger partial charge in [0.25, 0.3) is 0 Å². The Morgan fingerprint density at radius 3 is 3.14 bits per heavy atom. The molecule has 0 bridgehead atoms. The molecule has 0 fully saturated rings. The number of carbonyl (C=O) groups excluding carboxylic acids is 1. The number of aromatic nitrogens is 3. The fourth-order valence-corrected chi connectivity index (χ4v) is 1.94. The summed E-state index contributed by atoms with van der Waals surface area (Å²) < 4.78 is 4.94. The van der Waals surface area contributed by atoms with E-state index >= 15 is 0 Å². The summed E-state index contributed by atoms with van der Waals surface area (Å²) in [5.41, 5.74) is 1.78. The third-order valence-corrected chi connectivity index (χ3v) is 2.99. The number of hydrogen-bond acceptors (Lipinski definition) is 5. The Balaban J connectivity index is 1.82. The Kier molecular flexibility index (Phi) is 3.41. The van der Waals surface area contributed by atoms with Crippen molar-refractivity contribution in [2.24, 2.45) is 0 Å². The van der Waals surface area contributed by atoms with Gasteiger partial charge in [-0.25, -0.2) is 0 Å². The third kappa shape index (κ3) is 2.77. The lowest BCUT2D eigenvalue weighted by atomic mass is 10.1. The number of nitrogens with one attached hydrogen (secondary N) is 2. The second-order valence-electron chi connectivity index (χ2n) is 4.76. The zero-order chi connectivity index (χ0) is 14.8. The molecule has 7 nitrogen and oxygen atoms in total. The maximum atomic E-state index is 11.7. The second-order valence-corrected chi connectivity index (χ2v) is 4.76. The van der Waals surface area contributed by atoms with Crippen molar-refractivity contribution in [1.82, 2.24) is 20.4 Å². The molecule has 1 atom stereocenters. The van der Waals surface area contributed by atoms with Crippen LogP contribution in [0.1, 0.15) is 17.6 Å². The van der Waals surface area contributed by atoms with Gasteiger partial charge < -0.3 is 19.9 Å². The van der Waals surface area contributed by atoms with Gasteiger partial charge in [0.15, 0.2) is 0 Å². The van der Waals surface area contributed by atoms with Gasteiger partial charge in [-0.1, -0.05) is 5.16 Å². The lowest BCUT2D eigenvalue weighted by Gasteiger charge is -2.03. The van der Waals surface area contributed by atoms with E-state index in [9.17, 15) is 4.79 Å². The minimum absolute atomic E-state index is 0.125. The van der Waals surface area contributed by atoms with Crippen LogP contribution in [0.15, 0.2) is 35.0 Å². The van der Waals surface area contributed by atoms with Gasteiger partial charge in [-0.2, -0.15) is 4.98 Å². The van der Waals surface area contributed by atoms with E-state index in [0.717, 1.165) is 16.5 Å². The van der Waals surface area contributed by atoms with E-state index in [0.29, 0.717) is 5.82 Å². The van der Waals surface area contributed by atoms with Crippen LogP contribution >= 0.6 is 0 Å². The van der Waals surface area contributed by atoms with Crippen molar-refractivity contribution in [2.75, 3.05) is 6.54 Å². The highest BCUT2D eigenvalue weighted by Gasteiger charge is 2.16. The Morgan fingerprint density at radius 1 is 1.48 bits per heavy atom. The van der Waals surface area contributed by atoms with E-state index in [1.54, 1.807) is 6.92 Å². The van der Waals surface area contributed by atoms with Crippen LogP contribution in [0.2, 0.25) is 0 Å². The molecule has 21 heavy (non-hydrogen) atoms. The van der Waals surface area contributed by atoms with Crippen molar-refractivity contribution in [3.63, 3.8) is 0 Å². The monoisotopic (exact) mass is 286 g/mol. The third-order valence-electron chi connectivity index (χ3n) is 2.99. The van der Waals surface area contributed by atoms with Crippen molar-refractivity contribution >= 4 is 16.8 Å². The van der Waals surface area contributed by atoms with E-state index in [2.05, 4.69) is 20.4 Å². The molecule has 0 spiro atoms. The van der Waals surface area contributed by atoms with Gasteiger partial charge in [-0.3, -0.25) is 4.79 Å². The Hall–Kier alpha value is -2.67. The lowest BCUT2D eigenvalue weighted by molar-refractivity contribution is 0.0880. The van der Waals surface area contributed by atoms with Gasteiger partial charge in [-0.05, 0) is 31.2 Å². The largest absolute Gasteiger partial charge is 0.392 e. The molecule has 0 aliphatic carbocycles. The van der Waals surface area contributed by atoms with E-state index in [-0.39, 0.29) is 12.4 Å². The molecule has 0 saturated carbocycles. The minimum atomic E-state index is -0.632. The number of aliphatic hydroxyl groups excluding tert-OH is 1. The average Bonchev–Trinajstić information content (AvgIpc) is 3.12. The summed E-state index contributed by atoms with van der Waals surface area (Å²) in [5, 5.41) is 16.5. The van der Waals surface area contributed by atoms with Gasteiger partial charge in [0.05, 0.1) is 6.10 Å². The summed E-state index contributed by atoms with van der Waals surface area (Å²) in [4.78, 5) is 18.9. The van der Waals surface area contributed by atoms with Crippen molar-refractivity contribution < 1.29 is 14.4 Å². The fraction of sp³-hybridized carbons (Fsp3) is 0.214. The van der Waals surface area contributed by atoms with Crippen LogP contribution in [0.5, 0.6) is 0 Å². The van der Waals surface area contributed by atoms with Gasteiger partial charge >= 0.3 is 11.8 Å². The number of hydrogen-bond donors (Lipinski definition) is 3. The van der Waals surface area contributed by atoms with Gasteiger partial charge in [0.1, 0.15) is 0 Å². The van der Waals surface area contributed by atoms with E-state index in [1.807, 2.05) is 30.5 Å². The first-order valence-corrected chi connectivity index (χ1v) is 6.51. The molecule has 3 N–H and O–H groups in total. The van der Waals surface area contributed by atoms with Crippen LogP contribution < -0.4 is 5.32 Å². The lowest BCUT2D eigenvalue weighted by Crippen LogP contribution is -2.30. The predicted molar refractivity (Wildman–Crippen MR) is 75.6 cm³/mol. The quantitative estimate of drug-likeness (QED) is 0.671. The van der Waals surface area contributed by atoms with Gasteiger partial charge in [0, 0.05) is 29.2 Å². The molecule has 1 amide bonds. The van der Waals surface area contributed by atoms with E-state index in [4.69, 9.17) is 9.63 Å². The Bertz CT molecular complexity index is 775. The molecule has 0 aliphatic rings. The molecule has 2 aromatic heterocycles. The average molecular weight is 286 g/mol. The van der Waals surface area contributed by atoms with Crippen LogP contribution in [0.4, 0.5) is 0 Å². The molecule has 0 saturated heterocycles. The second kappa shape index (κ2) is 5.37. The van der Waals surface area contributed by atoms with Crippen LogP contribution in [-0.4, -0.2) is 38.8 Å². The molecular weight excluding hydrogens is 272 g/mol. The summed E-state index contributed by atoms with van der Waals surface area (Å²) in [6.07, 6.45) is 1.21. The topological polar surface area (TPSA) is 104 Å². The standard InChI is InChI=1S/C14H14N4O3/c1-8(19)7-16-13(20)14-17-12(18-21-14)10-2-3-11-9(6-10)4-5-15-11/h2-6,8,15,19H,7H2,1H3,(H,16,20)/t8-/m1/s1. The normalized spacial score (nSPS) is 12.5. The van der Waals surface area contributed by atoms with Crippen LogP contribution in [0.25, 0.3) is 22.3 Å². The zero-order valence-electron chi connectivity index (χ0n) is 11.3. The first-order chi connectivity index (χ1) is 10.1. The molecule has 3 rings (SSSR count). The molecule has 1 aromatic carbocycles. The summed E-state index contributed by atoms with van der Waals surface area (Å²) in [7, 11) is 0. The molecule has 2 heterocycles. The van der Waals surface area contributed by atoms with Crippen molar-refractivity contribution in [1.29, 1.82) is 0 Å². The Labute approximate surface area is 120 Å². The number of rotatable bonds is 4. The van der Waals surface area contributed by atoms with Crippen LogP contribution in [0, 0.1) is 0 Å². The van der Waals surface area contributed by atoms with Crippen LogP contribution in [-0.2, 0) is 0 Å². The number of benzene rings is 1. The molecule has 0 aliphatic heterocycles. The molecule has 0 unspecified atom stereocenters. The number of nitrogens with zero attached hydrogens (tertiary/aromatic N) is 2. The van der Waals surface area contributed by atoms with Crippen molar-refractivity contribution in [3.05, 3.63) is 36.4 Å². The minimum Gasteiger partial charge on any atom is -0.392 e. The highest BCUT2D eigenvalue weighted by molar-refractivity contribution is 5.90. The van der Waals surface area contributed by atoms with Crippen molar-refractivity contribution in [2.45, 2.75) is 13.0 Å². The number of H-pyrrole nitrogens is 1. The summed E-state index contributed by atoms with van der Waals surface area (Å²) in [6, 6.07) is 7.61. The van der Waals surface area contributed by atoms with Gasteiger partial charge in [-0.15, -0.1) is 0 Å². The summed E-state index contributed by atoms with van der Waals surface area (Å²) in [6.45, 7) is 1.71. The van der Waals surface area contributed by atoms with E-state index < -0.39 is 12.0 Å². The fourth-order valence-electron chi connectivity index (χ4n) is 1.94. The zero-order valence-corrected chi connectivity index (χ0v) is 11.3. The molecule has 7 heteroatoms. The number of aromatic amines is 1. The molecule has 3 aromatic rings. The highest BCUT2D eigenvalue weighted by Crippen LogP contribution is 2.21. The maximum Gasteiger partial charge on any atom is 0.316 e. The smallest absolute Gasteiger partial charge is 0.316 e. The Morgan fingerprint density at radius 2 is 2.33 bits per heavy atom.